The lowest BCUT2D eigenvalue weighted by molar-refractivity contribution is -0.120. The van der Waals surface area contributed by atoms with E-state index in [9.17, 15) is 13.2 Å². The molecule has 0 atom stereocenters. The molecule has 0 aliphatic carbocycles. The number of halogens is 1. The minimum absolute atomic E-state index is 0.161. The molecular weight excluding hydrogens is 518 g/mol. The molecule has 1 saturated heterocycles. The number of nitrogens with zero attached hydrogens (tertiary/aromatic N) is 2. The molecule has 4 aromatic rings. The van der Waals surface area contributed by atoms with Crippen molar-refractivity contribution in [2.24, 2.45) is 5.92 Å². The molecule has 4 heterocycles. The van der Waals surface area contributed by atoms with Crippen LogP contribution in [0, 0.1) is 5.92 Å². The summed E-state index contributed by atoms with van der Waals surface area (Å²) in [6.45, 7) is 0.559. The van der Waals surface area contributed by atoms with Crippen molar-refractivity contribution < 1.29 is 22.4 Å². The van der Waals surface area contributed by atoms with Crippen LogP contribution in [0.4, 0.5) is 5.13 Å². The number of furan rings is 1. The van der Waals surface area contributed by atoms with Crippen LogP contribution in [0.3, 0.4) is 0 Å². The fraction of sp³-hybridized carbons (Fsp3) is 0.273. The quantitative estimate of drug-likeness (QED) is 0.357. The molecule has 12 heteroatoms. The highest BCUT2D eigenvalue weighted by Crippen LogP contribution is 2.33. The first-order chi connectivity index (χ1) is 16.3. The van der Waals surface area contributed by atoms with Crippen LogP contribution in [0.5, 0.6) is 5.75 Å². The van der Waals surface area contributed by atoms with Crippen molar-refractivity contribution in [3.8, 4) is 17.2 Å². The van der Waals surface area contributed by atoms with E-state index in [0.717, 1.165) is 16.7 Å². The van der Waals surface area contributed by atoms with Gasteiger partial charge in [0.05, 0.1) is 11.4 Å². The van der Waals surface area contributed by atoms with E-state index in [1.54, 1.807) is 13.2 Å². The van der Waals surface area contributed by atoms with E-state index in [4.69, 9.17) is 20.8 Å². The number of carbonyl (C=O) groups is 1. The first-order valence-corrected chi connectivity index (χ1v) is 13.9. The molecule has 178 valence electrons. The number of hydrogen-bond acceptors (Lipinski definition) is 8. The number of benzene rings is 1. The van der Waals surface area contributed by atoms with Gasteiger partial charge in [-0.25, -0.2) is 13.4 Å². The molecule has 1 amide bonds. The van der Waals surface area contributed by atoms with Gasteiger partial charge in [-0.1, -0.05) is 11.6 Å². The Morgan fingerprint density at radius 3 is 2.74 bits per heavy atom. The summed E-state index contributed by atoms with van der Waals surface area (Å²) in [5.41, 5.74) is 1.32. The second kappa shape index (κ2) is 9.31. The van der Waals surface area contributed by atoms with Gasteiger partial charge < -0.3 is 14.5 Å². The van der Waals surface area contributed by atoms with Gasteiger partial charge in [0.15, 0.2) is 10.9 Å². The summed E-state index contributed by atoms with van der Waals surface area (Å²) in [5, 5.41) is 6.10. The Morgan fingerprint density at radius 2 is 2.03 bits per heavy atom. The SMILES string of the molecule is COc1ccc2cc(-c3csc(NC(=O)C4CCN(S(=O)(=O)c5ccc(Cl)s5)CC4)n3)oc2c1. The van der Waals surface area contributed by atoms with Crippen LogP contribution in [-0.4, -0.2) is 43.8 Å². The van der Waals surface area contributed by atoms with Gasteiger partial charge in [-0.2, -0.15) is 4.31 Å². The molecule has 5 rings (SSSR count). The van der Waals surface area contributed by atoms with E-state index in [-0.39, 0.29) is 29.1 Å². The molecule has 0 radical (unpaired) electrons. The van der Waals surface area contributed by atoms with Crippen molar-refractivity contribution in [2.45, 2.75) is 17.1 Å². The van der Waals surface area contributed by atoms with Gasteiger partial charge in [0.2, 0.25) is 5.91 Å². The molecule has 0 bridgehead atoms. The van der Waals surface area contributed by atoms with Crippen molar-refractivity contribution in [3.05, 3.63) is 46.1 Å². The summed E-state index contributed by atoms with van der Waals surface area (Å²) in [6, 6.07) is 10.6. The lowest BCUT2D eigenvalue weighted by atomic mass is 9.97. The first kappa shape index (κ1) is 23.3. The number of hydrogen-bond donors (Lipinski definition) is 1. The Bertz CT molecular complexity index is 1450. The van der Waals surface area contributed by atoms with E-state index in [1.807, 2.05) is 29.6 Å². The Kier molecular flexibility index (Phi) is 6.38. The second-order valence-corrected chi connectivity index (χ2v) is 12.5. The van der Waals surface area contributed by atoms with E-state index in [1.165, 1.54) is 21.7 Å². The molecule has 1 aliphatic rings. The smallest absolute Gasteiger partial charge is 0.252 e. The third-order valence-electron chi connectivity index (χ3n) is 5.68. The van der Waals surface area contributed by atoms with Crippen LogP contribution in [0.15, 0.2) is 50.4 Å². The zero-order valence-corrected chi connectivity index (χ0v) is 21.2. The maximum absolute atomic E-state index is 12.8. The van der Waals surface area contributed by atoms with Crippen LogP contribution < -0.4 is 10.1 Å². The molecule has 1 aliphatic heterocycles. The normalized spacial score (nSPS) is 15.6. The highest BCUT2D eigenvalue weighted by Gasteiger charge is 2.33. The van der Waals surface area contributed by atoms with Gasteiger partial charge in [-0.15, -0.1) is 22.7 Å². The fourth-order valence-electron chi connectivity index (χ4n) is 3.84. The molecule has 3 aromatic heterocycles. The zero-order chi connectivity index (χ0) is 23.9. The number of carbonyl (C=O) groups excluding carboxylic acids is 1. The number of piperidine rings is 1. The molecule has 1 N–H and O–H groups in total. The number of methoxy groups -OCH3 is 1. The van der Waals surface area contributed by atoms with E-state index >= 15 is 0 Å². The molecule has 1 fully saturated rings. The predicted molar refractivity (Wildman–Crippen MR) is 133 cm³/mol. The number of thiazole rings is 1. The average molecular weight is 538 g/mol. The predicted octanol–water partition coefficient (Wildman–Crippen LogP) is 5.32. The van der Waals surface area contributed by atoms with Crippen molar-refractivity contribution in [2.75, 3.05) is 25.5 Å². The molecule has 0 unspecified atom stereocenters. The van der Waals surface area contributed by atoms with Crippen LogP contribution in [0.2, 0.25) is 4.34 Å². The van der Waals surface area contributed by atoms with E-state index < -0.39 is 10.0 Å². The van der Waals surface area contributed by atoms with Gasteiger partial charge in [-0.3, -0.25) is 4.79 Å². The first-order valence-electron chi connectivity index (χ1n) is 10.4. The van der Waals surface area contributed by atoms with Crippen molar-refractivity contribution in [3.63, 3.8) is 0 Å². The standard InChI is InChI=1S/C22H20ClN3O5S3/c1-30-15-3-2-14-10-18(31-17(14)11-15)16-12-32-22(24-16)25-21(27)13-6-8-26(9-7-13)34(28,29)20-5-4-19(23)33-20/h2-5,10-13H,6-9H2,1H3,(H,24,25,27). The van der Waals surface area contributed by atoms with Gasteiger partial charge in [0, 0.05) is 35.8 Å². The minimum atomic E-state index is -3.59. The molecular formula is C22H20ClN3O5S3. The molecule has 0 saturated carbocycles. The number of fused-ring (bicyclic) bond motifs is 1. The lowest BCUT2D eigenvalue weighted by Crippen LogP contribution is -2.41. The van der Waals surface area contributed by atoms with Gasteiger partial charge in [-0.05, 0) is 43.2 Å². The number of anilines is 1. The average Bonchev–Trinajstić information content (AvgIpc) is 3.58. The van der Waals surface area contributed by atoms with E-state index in [2.05, 4.69) is 10.3 Å². The van der Waals surface area contributed by atoms with Gasteiger partial charge in [0.25, 0.3) is 10.0 Å². The lowest BCUT2D eigenvalue weighted by Gasteiger charge is -2.29. The monoisotopic (exact) mass is 537 g/mol. The number of ether oxygens (including phenoxy) is 1. The maximum Gasteiger partial charge on any atom is 0.252 e. The molecule has 8 nitrogen and oxygen atoms in total. The summed E-state index contributed by atoms with van der Waals surface area (Å²) in [7, 11) is -1.98. The van der Waals surface area contributed by atoms with Crippen LogP contribution in [0.1, 0.15) is 12.8 Å². The summed E-state index contributed by atoms with van der Waals surface area (Å²) in [5.74, 6) is 0.862. The topological polar surface area (TPSA) is 102 Å². The summed E-state index contributed by atoms with van der Waals surface area (Å²) in [4.78, 5) is 17.3. The summed E-state index contributed by atoms with van der Waals surface area (Å²) in [6.07, 6.45) is 0.877. The van der Waals surface area contributed by atoms with Gasteiger partial charge in [0.1, 0.15) is 21.2 Å². The largest absolute Gasteiger partial charge is 0.497 e. The number of aromatic nitrogens is 1. The molecule has 34 heavy (non-hydrogen) atoms. The van der Waals surface area contributed by atoms with Crippen LogP contribution >= 0.6 is 34.3 Å². The van der Waals surface area contributed by atoms with Crippen molar-refractivity contribution >= 4 is 66.3 Å². The Hall–Kier alpha value is -2.44. The highest BCUT2D eigenvalue weighted by molar-refractivity contribution is 7.91. The van der Waals surface area contributed by atoms with Crippen LogP contribution in [-0.2, 0) is 14.8 Å². The highest BCUT2D eigenvalue weighted by atomic mass is 35.5. The zero-order valence-electron chi connectivity index (χ0n) is 18.0. The molecule has 1 aromatic carbocycles. The maximum atomic E-state index is 12.8. The summed E-state index contributed by atoms with van der Waals surface area (Å²) >= 11 is 8.24. The second-order valence-electron chi connectivity index (χ2n) is 7.78. The number of rotatable bonds is 6. The number of thiophene rings is 1. The summed E-state index contributed by atoms with van der Waals surface area (Å²) < 4.78 is 38.7. The van der Waals surface area contributed by atoms with Gasteiger partial charge >= 0.3 is 0 Å². The minimum Gasteiger partial charge on any atom is -0.497 e. The van der Waals surface area contributed by atoms with Crippen molar-refractivity contribution in [1.29, 1.82) is 0 Å². The third-order valence-corrected chi connectivity index (χ3v) is 10.0. The van der Waals surface area contributed by atoms with Crippen molar-refractivity contribution in [1.82, 2.24) is 9.29 Å². The fourth-order valence-corrected chi connectivity index (χ4v) is 7.65. The number of amides is 1. The number of nitrogens with one attached hydrogen (secondary N) is 1. The Balaban J connectivity index is 1.21. The third kappa shape index (κ3) is 4.58. The van der Waals surface area contributed by atoms with Crippen LogP contribution in [0.25, 0.3) is 22.4 Å². The Labute approximate surface area is 209 Å². The van der Waals surface area contributed by atoms with E-state index in [0.29, 0.717) is 45.1 Å². The Morgan fingerprint density at radius 1 is 1.24 bits per heavy atom. The molecule has 0 spiro atoms. The number of sulfonamides is 1.